The molecule has 2 aliphatic rings. The Morgan fingerprint density at radius 2 is 1.93 bits per heavy atom. The van der Waals surface area contributed by atoms with E-state index in [9.17, 15) is 4.79 Å². The lowest BCUT2D eigenvalue weighted by Gasteiger charge is -2.19. The fourth-order valence-electron chi connectivity index (χ4n) is 3.94. The van der Waals surface area contributed by atoms with Crippen molar-refractivity contribution in [3.63, 3.8) is 0 Å². The molecule has 1 amide bonds. The van der Waals surface area contributed by atoms with Gasteiger partial charge in [0, 0.05) is 52.4 Å². The fraction of sp³-hybridized carbons (Fsp3) is 0.500. The Hall–Kier alpha value is -2.40. The van der Waals surface area contributed by atoms with Gasteiger partial charge in [0.25, 0.3) is 5.91 Å². The van der Waals surface area contributed by atoms with Crippen LogP contribution in [0.2, 0.25) is 0 Å². The Morgan fingerprint density at radius 3 is 2.66 bits per heavy atom. The lowest BCUT2D eigenvalue weighted by Crippen LogP contribution is -2.28. The number of benzene rings is 1. The zero-order valence-corrected chi connectivity index (χ0v) is 17.7. The molecule has 0 atom stereocenters. The fourth-order valence-corrected chi connectivity index (χ4v) is 3.94. The summed E-state index contributed by atoms with van der Waals surface area (Å²) in [5.41, 5.74) is 4.49. The Kier molecular flexibility index (Phi) is 6.14. The third-order valence-corrected chi connectivity index (χ3v) is 6.00. The molecule has 2 aromatic rings. The van der Waals surface area contributed by atoms with Gasteiger partial charge in [-0.3, -0.25) is 4.79 Å². The molecule has 1 aliphatic carbocycles. The van der Waals surface area contributed by atoms with E-state index in [2.05, 4.69) is 46.6 Å². The Bertz CT molecular complexity index is 845. The first-order valence-corrected chi connectivity index (χ1v) is 10.8. The van der Waals surface area contributed by atoms with E-state index in [1.54, 1.807) is 4.90 Å². The van der Waals surface area contributed by atoms with Gasteiger partial charge in [0.05, 0.1) is 5.56 Å². The largest absolute Gasteiger partial charge is 0.369 e. The zero-order valence-electron chi connectivity index (χ0n) is 17.7. The maximum atomic E-state index is 12.8. The van der Waals surface area contributed by atoms with Crippen molar-refractivity contribution in [1.29, 1.82) is 0 Å². The highest BCUT2D eigenvalue weighted by atomic mass is 16.2. The number of nitrogens with one attached hydrogen (secondary N) is 1. The van der Waals surface area contributed by atoms with Crippen LogP contribution in [0.15, 0.2) is 36.4 Å². The van der Waals surface area contributed by atoms with Crippen molar-refractivity contribution in [3.8, 4) is 0 Å². The van der Waals surface area contributed by atoms with Gasteiger partial charge in [-0.05, 0) is 48.8 Å². The molecule has 1 aromatic heterocycles. The molecule has 0 radical (unpaired) electrons. The first-order valence-electron chi connectivity index (χ1n) is 10.8. The van der Waals surface area contributed by atoms with Gasteiger partial charge in [-0.15, -0.1) is 0 Å². The van der Waals surface area contributed by atoms with E-state index in [-0.39, 0.29) is 5.91 Å². The SMILES string of the molecule is CN(C)C(=O)c1cc2c(nc1NCC1CC1)CCN(CCc1ccccc1)CC2. The summed E-state index contributed by atoms with van der Waals surface area (Å²) in [7, 11) is 3.62. The summed E-state index contributed by atoms with van der Waals surface area (Å²) in [6.45, 7) is 4.03. The minimum absolute atomic E-state index is 0.0313. The molecule has 0 unspecified atom stereocenters. The number of carbonyl (C=O) groups is 1. The molecule has 1 aromatic carbocycles. The topological polar surface area (TPSA) is 48.5 Å². The van der Waals surface area contributed by atoms with Crippen LogP contribution in [0, 0.1) is 5.92 Å². The summed E-state index contributed by atoms with van der Waals surface area (Å²) >= 11 is 0. The van der Waals surface area contributed by atoms with Crippen molar-refractivity contribution < 1.29 is 4.79 Å². The van der Waals surface area contributed by atoms with Crippen LogP contribution >= 0.6 is 0 Å². The van der Waals surface area contributed by atoms with Crippen molar-refractivity contribution in [2.45, 2.75) is 32.1 Å². The van der Waals surface area contributed by atoms with E-state index >= 15 is 0 Å². The first kappa shape index (κ1) is 19.9. The summed E-state index contributed by atoms with van der Waals surface area (Å²) in [5.74, 6) is 1.54. The molecule has 4 rings (SSSR count). The number of anilines is 1. The van der Waals surface area contributed by atoms with E-state index in [1.165, 1.54) is 24.0 Å². The number of nitrogens with zero attached hydrogens (tertiary/aromatic N) is 3. The van der Waals surface area contributed by atoms with Crippen molar-refractivity contribution in [3.05, 3.63) is 58.8 Å². The molecule has 1 saturated carbocycles. The predicted molar refractivity (Wildman–Crippen MR) is 117 cm³/mol. The van der Waals surface area contributed by atoms with E-state index in [1.807, 2.05) is 14.1 Å². The zero-order chi connectivity index (χ0) is 20.2. The van der Waals surface area contributed by atoms with Gasteiger partial charge in [0.1, 0.15) is 5.82 Å². The number of fused-ring (bicyclic) bond motifs is 1. The average molecular weight is 393 g/mol. The second-order valence-electron chi connectivity index (χ2n) is 8.59. The molecule has 2 heterocycles. The first-order chi connectivity index (χ1) is 14.1. The maximum absolute atomic E-state index is 12.8. The van der Waals surface area contributed by atoms with E-state index in [0.717, 1.165) is 62.9 Å². The van der Waals surface area contributed by atoms with Crippen molar-refractivity contribution in [2.24, 2.45) is 5.92 Å². The number of aromatic nitrogens is 1. The number of pyridine rings is 1. The van der Waals surface area contributed by atoms with Crippen LogP contribution in [0.1, 0.15) is 40.0 Å². The van der Waals surface area contributed by atoms with Crippen molar-refractivity contribution in [2.75, 3.05) is 45.6 Å². The molecule has 29 heavy (non-hydrogen) atoms. The molecule has 5 heteroatoms. The van der Waals surface area contributed by atoms with E-state index < -0.39 is 0 Å². The number of hydrogen-bond acceptors (Lipinski definition) is 4. The monoisotopic (exact) mass is 392 g/mol. The third-order valence-electron chi connectivity index (χ3n) is 6.00. The molecule has 5 nitrogen and oxygen atoms in total. The molecular formula is C24H32N4O. The van der Waals surface area contributed by atoms with Gasteiger partial charge < -0.3 is 15.1 Å². The highest BCUT2D eigenvalue weighted by molar-refractivity contribution is 5.98. The van der Waals surface area contributed by atoms with Crippen molar-refractivity contribution in [1.82, 2.24) is 14.8 Å². The second-order valence-corrected chi connectivity index (χ2v) is 8.59. The molecule has 0 spiro atoms. The Labute approximate surface area is 174 Å². The Balaban J connectivity index is 1.47. The van der Waals surface area contributed by atoms with Gasteiger partial charge in [-0.25, -0.2) is 4.98 Å². The molecule has 154 valence electrons. The highest BCUT2D eigenvalue weighted by Crippen LogP contribution is 2.30. The van der Waals surface area contributed by atoms with Crippen LogP contribution in [0.5, 0.6) is 0 Å². The highest BCUT2D eigenvalue weighted by Gasteiger charge is 2.25. The smallest absolute Gasteiger partial charge is 0.257 e. The maximum Gasteiger partial charge on any atom is 0.257 e. The van der Waals surface area contributed by atoms with Gasteiger partial charge in [-0.2, -0.15) is 0 Å². The van der Waals surface area contributed by atoms with Gasteiger partial charge in [-0.1, -0.05) is 30.3 Å². The lowest BCUT2D eigenvalue weighted by molar-refractivity contribution is 0.0828. The number of rotatable bonds is 7. The molecule has 0 saturated heterocycles. The van der Waals surface area contributed by atoms with Gasteiger partial charge in [0.15, 0.2) is 0 Å². The second kappa shape index (κ2) is 8.95. The molecular weight excluding hydrogens is 360 g/mol. The minimum Gasteiger partial charge on any atom is -0.369 e. The van der Waals surface area contributed by atoms with Crippen LogP contribution in [0.4, 0.5) is 5.82 Å². The van der Waals surface area contributed by atoms with Crippen LogP contribution < -0.4 is 5.32 Å². The summed E-state index contributed by atoms with van der Waals surface area (Å²) in [6.07, 6.45) is 5.53. The standard InChI is InChI=1S/C24H32N4O/c1-27(2)24(29)21-16-20-11-14-28(13-10-18-6-4-3-5-7-18)15-12-22(20)26-23(21)25-17-19-8-9-19/h3-7,16,19H,8-15,17H2,1-2H3,(H,25,26). The Morgan fingerprint density at radius 1 is 1.17 bits per heavy atom. The lowest BCUT2D eigenvalue weighted by atomic mass is 10.0. The molecule has 1 N–H and O–H groups in total. The van der Waals surface area contributed by atoms with Crippen LogP contribution in [0.25, 0.3) is 0 Å². The number of hydrogen-bond donors (Lipinski definition) is 1. The molecule has 0 bridgehead atoms. The van der Waals surface area contributed by atoms with Crippen LogP contribution in [-0.4, -0.2) is 61.0 Å². The van der Waals surface area contributed by atoms with E-state index in [4.69, 9.17) is 4.98 Å². The van der Waals surface area contributed by atoms with Crippen molar-refractivity contribution >= 4 is 11.7 Å². The summed E-state index contributed by atoms with van der Waals surface area (Å²) in [4.78, 5) is 21.9. The van der Waals surface area contributed by atoms with Crippen LogP contribution in [-0.2, 0) is 19.3 Å². The summed E-state index contributed by atoms with van der Waals surface area (Å²) in [5, 5.41) is 3.47. The minimum atomic E-state index is 0.0313. The number of carbonyl (C=O) groups excluding carboxylic acids is 1. The summed E-state index contributed by atoms with van der Waals surface area (Å²) < 4.78 is 0. The average Bonchev–Trinajstić information content (AvgIpc) is 3.57. The molecule has 1 aliphatic heterocycles. The quantitative estimate of drug-likeness (QED) is 0.786. The normalized spacial score (nSPS) is 16.8. The van der Waals surface area contributed by atoms with E-state index in [0.29, 0.717) is 5.56 Å². The van der Waals surface area contributed by atoms with Gasteiger partial charge in [0.2, 0.25) is 0 Å². The molecule has 1 fully saturated rings. The third kappa shape index (κ3) is 5.15. The van der Waals surface area contributed by atoms with Crippen LogP contribution in [0.3, 0.4) is 0 Å². The van der Waals surface area contributed by atoms with Gasteiger partial charge >= 0.3 is 0 Å². The summed E-state index contributed by atoms with van der Waals surface area (Å²) in [6, 6.07) is 12.8. The predicted octanol–water partition coefficient (Wildman–Crippen LogP) is 3.25. The number of amides is 1.